The average molecular weight is 310 g/mol. The summed E-state index contributed by atoms with van der Waals surface area (Å²) in [5.74, 6) is -0.613. The minimum Gasteiger partial charge on any atom is -0.392 e. The summed E-state index contributed by atoms with van der Waals surface area (Å²) in [7, 11) is 0. The quantitative estimate of drug-likeness (QED) is 0.643. The Labute approximate surface area is 127 Å². The van der Waals surface area contributed by atoms with Crippen molar-refractivity contribution in [1.29, 1.82) is 0 Å². The number of nitrogens with zero attached hydrogens (tertiary/aromatic N) is 2. The van der Waals surface area contributed by atoms with Gasteiger partial charge in [-0.15, -0.1) is 0 Å². The molecule has 1 aromatic carbocycles. The van der Waals surface area contributed by atoms with E-state index < -0.39 is 28.4 Å². The Morgan fingerprint density at radius 1 is 1.23 bits per heavy atom. The van der Waals surface area contributed by atoms with Crippen molar-refractivity contribution >= 4 is 11.4 Å². The van der Waals surface area contributed by atoms with E-state index >= 15 is 0 Å². The van der Waals surface area contributed by atoms with E-state index in [4.69, 9.17) is 0 Å². The largest absolute Gasteiger partial charge is 0.392 e. The molecule has 1 heterocycles. The third kappa shape index (κ3) is 2.34. The maximum absolute atomic E-state index is 14.1. The first-order chi connectivity index (χ1) is 10.4. The minimum atomic E-state index is -0.622. The maximum Gasteiger partial charge on any atom is 0.272 e. The molecule has 2 aliphatic rings. The van der Waals surface area contributed by atoms with Crippen LogP contribution < -0.4 is 4.90 Å². The highest BCUT2D eigenvalue weighted by Crippen LogP contribution is 2.47. The third-order valence-corrected chi connectivity index (χ3v) is 5.22. The van der Waals surface area contributed by atoms with Crippen molar-refractivity contribution in [2.75, 3.05) is 18.0 Å². The summed E-state index contributed by atoms with van der Waals surface area (Å²) >= 11 is 0. The molecule has 6 nitrogen and oxygen atoms in total. The van der Waals surface area contributed by atoms with Crippen molar-refractivity contribution in [3.63, 3.8) is 0 Å². The standard InChI is InChI=1S/C15H19FN2O4/c16-11-9-10(18(21)22)1-2-12(11)17-7-5-15(6-8-17)13(19)3-4-14(15)20/h1-2,9,13-14,19-20H,3-8H2. The topological polar surface area (TPSA) is 86.8 Å². The summed E-state index contributed by atoms with van der Waals surface area (Å²) < 4.78 is 14.1. The Morgan fingerprint density at radius 2 is 1.82 bits per heavy atom. The highest BCUT2D eigenvalue weighted by molar-refractivity contribution is 5.52. The molecule has 1 saturated carbocycles. The van der Waals surface area contributed by atoms with E-state index in [0.717, 1.165) is 6.07 Å². The van der Waals surface area contributed by atoms with E-state index in [2.05, 4.69) is 0 Å². The lowest BCUT2D eigenvalue weighted by Crippen LogP contribution is -2.49. The van der Waals surface area contributed by atoms with Crippen molar-refractivity contribution in [1.82, 2.24) is 0 Å². The Bertz CT molecular complexity index is 575. The van der Waals surface area contributed by atoms with Gasteiger partial charge in [0, 0.05) is 24.6 Å². The van der Waals surface area contributed by atoms with E-state index in [1.165, 1.54) is 12.1 Å². The van der Waals surface area contributed by atoms with Crippen molar-refractivity contribution in [2.45, 2.75) is 37.9 Å². The van der Waals surface area contributed by atoms with E-state index in [0.29, 0.717) is 44.5 Å². The number of hydrogen-bond donors (Lipinski definition) is 2. The van der Waals surface area contributed by atoms with Crippen molar-refractivity contribution in [3.05, 3.63) is 34.1 Å². The fourth-order valence-corrected chi connectivity index (χ4v) is 3.81. The highest BCUT2D eigenvalue weighted by atomic mass is 19.1. The number of rotatable bonds is 2. The number of aliphatic hydroxyl groups is 2. The summed E-state index contributed by atoms with van der Waals surface area (Å²) in [6.07, 6.45) is 1.37. The van der Waals surface area contributed by atoms with Crippen LogP contribution in [0.2, 0.25) is 0 Å². The van der Waals surface area contributed by atoms with Crippen LogP contribution in [0, 0.1) is 21.3 Å². The molecule has 1 aliphatic carbocycles. The van der Waals surface area contributed by atoms with Crippen molar-refractivity contribution in [3.8, 4) is 0 Å². The molecule has 2 atom stereocenters. The number of anilines is 1. The Morgan fingerprint density at radius 3 is 2.32 bits per heavy atom. The van der Waals surface area contributed by atoms with Crippen LogP contribution in [0.1, 0.15) is 25.7 Å². The molecule has 1 spiro atoms. The SMILES string of the molecule is O=[N+]([O-])c1ccc(N2CCC3(CC2)C(O)CCC3O)c(F)c1. The van der Waals surface area contributed by atoms with Crippen molar-refractivity contribution in [2.24, 2.45) is 5.41 Å². The molecule has 0 amide bonds. The van der Waals surface area contributed by atoms with Gasteiger partial charge in [-0.05, 0) is 31.7 Å². The van der Waals surface area contributed by atoms with Crippen molar-refractivity contribution < 1.29 is 19.5 Å². The van der Waals surface area contributed by atoms with Gasteiger partial charge in [0.25, 0.3) is 5.69 Å². The second kappa shape index (κ2) is 5.48. The molecule has 120 valence electrons. The fraction of sp³-hybridized carbons (Fsp3) is 0.600. The average Bonchev–Trinajstić information content (AvgIpc) is 2.77. The number of hydrogen-bond acceptors (Lipinski definition) is 5. The molecule has 22 heavy (non-hydrogen) atoms. The van der Waals surface area contributed by atoms with Crippen LogP contribution >= 0.6 is 0 Å². The van der Waals surface area contributed by atoms with Crippen LogP contribution in [-0.2, 0) is 0 Å². The van der Waals surface area contributed by atoms with Gasteiger partial charge in [-0.2, -0.15) is 0 Å². The van der Waals surface area contributed by atoms with Gasteiger partial charge < -0.3 is 15.1 Å². The predicted molar refractivity (Wildman–Crippen MR) is 78.2 cm³/mol. The Hall–Kier alpha value is -1.73. The smallest absolute Gasteiger partial charge is 0.272 e. The van der Waals surface area contributed by atoms with Crippen LogP contribution in [0.3, 0.4) is 0 Å². The second-order valence-electron chi connectivity index (χ2n) is 6.22. The molecular formula is C15H19FN2O4. The summed E-state index contributed by atoms with van der Waals surface area (Å²) in [5, 5.41) is 31.0. The summed E-state index contributed by atoms with van der Waals surface area (Å²) in [5.41, 5.74) is -0.410. The Balaban J connectivity index is 1.75. The zero-order valence-electron chi connectivity index (χ0n) is 12.1. The lowest BCUT2D eigenvalue weighted by Gasteiger charge is -2.44. The molecule has 3 rings (SSSR count). The molecule has 0 radical (unpaired) electrons. The van der Waals surface area contributed by atoms with Crippen LogP contribution in [-0.4, -0.2) is 40.4 Å². The molecule has 2 N–H and O–H groups in total. The molecule has 1 aliphatic heterocycles. The molecular weight excluding hydrogens is 291 g/mol. The maximum atomic E-state index is 14.1. The first-order valence-corrected chi connectivity index (χ1v) is 7.49. The summed E-state index contributed by atoms with van der Waals surface area (Å²) in [6, 6.07) is 3.65. The number of nitro benzene ring substituents is 1. The number of benzene rings is 1. The highest BCUT2D eigenvalue weighted by Gasteiger charge is 2.50. The third-order valence-electron chi connectivity index (χ3n) is 5.22. The van der Waals surface area contributed by atoms with E-state index in [1.54, 1.807) is 0 Å². The van der Waals surface area contributed by atoms with Gasteiger partial charge in [0.05, 0.1) is 28.9 Å². The van der Waals surface area contributed by atoms with Gasteiger partial charge in [0.1, 0.15) is 0 Å². The molecule has 2 unspecified atom stereocenters. The van der Waals surface area contributed by atoms with Crippen LogP contribution in [0.15, 0.2) is 18.2 Å². The van der Waals surface area contributed by atoms with Crippen LogP contribution in [0.4, 0.5) is 15.8 Å². The van der Waals surface area contributed by atoms with Gasteiger partial charge in [-0.25, -0.2) is 4.39 Å². The zero-order chi connectivity index (χ0) is 15.9. The van der Waals surface area contributed by atoms with E-state index in [1.807, 2.05) is 4.90 Å². The summed E-state index contributed by atoms with van der Waals surface area (Å²) in [6.45, 7) is 1.03. The van der Waals surface area contributed by atoms with Gasteiger partial charge in [-0.3, -0.25) is 10.1 Å². The number of nitro groups is 1. The molecule has 2 fully saturated rings. The first kappa shape index (κ1) is 15.2. The zero-order valence-corrected chi connectivity index (χ0v) is 12.1. The minimum absolute atomic E-state index is 0.267. The predicted octanol–water partition coefficient (Wildman–Crippen LogP) is 1.84. The van der Waals surface area contributed by atoms with Gasteiger partial charge in [0.2, 0.25) is 0 Å². The monoisotopic (exact) mass is 310 g/mol. The molecule has 1 saturated heterocycles. The van der Waals surface area contributed by atoms with Gasteiger partial charge in [0.15, 0.2) is 5.82 Å². The molecule has 1 aromatic rings. The second-order valence-corrected chi connectivity index (χ2v) is 6.22. The lowest BCUT2D eigenvalue weighted by atomic mass is 9.73. The van der Waals surface area contributed by atoms with Gasteiger partial charge in [-0.1, -0.05) is 0 Å². The Kier molecular flexibility index (Phi) is 3.78. The number of non-ortho nitro benzene ring substituents is 1. The molecule has 0 aromatic heterocycles. The van der Waals surface area contributed by atoms with E-state index in [9.17, 15) is 24.7 Å². The number of piperidine rings is 1. The fourth-order valence-electron chi connectivity index (χ4n) is 3.81. The van der Waals surface area contributed by atoms with Crippen LogP contribution in [0.25, 0.3) is 0 Å². The van der Waals surface area contributed by atoms with E-state index in [-0.39, 0.29) is 5.69 Å². The molecule has 7 heteroatoms. The van der Waals surface area contributed by atoms with Crippen LogP contribution in [0.5, 0.6) is 0 Å². The molecule has 0 bridgehead atoms. The summed E-state index contributed by atoms with van der Waals surface area (Å²) in [4.78, 5) is 11.9. The number of aliphatic hydroxyl groups excluding tert-OH is 2. The lowest BCUT2D eigenvalue weighted by molar-refractivity contribution is -0.385. The first-order valence-electron chi connectivity index (χ1n) is 7.49. The number of halogens is 1. The van der Waals surface area contributed by atoms with Gasteiger partial charge >= 0.3 is 0 Å². The normalized spacial score (nSPS) is 27.3.